The van der Waals surface area contributed by atoms with Crippen molar-refractivity contribution in [2.24, 2.45) is 5.92 Å². The summed E-state index contributed by atoms with van der Waals surface area (Å²) in [5.41, 5.74) is 4.52. The number of rotatable bonds is 10. The number of ether oxygens (including phenoxy) is 1. The van der Waals surface area contributed by atoms with Gasteiger partial charge in [0, 0.05) is 68.0 Å². The average molecular weight is 638 g/mol. The summed E-state index contributed by atoms with van der Waals surface area (Å²) in [5.74, 6) is 1.45. The minimum Gasteiger partial charge on any atom is -0.463 e. The third kappa shape index (κ3) is 6.51. The Morgan fingerprint density at radius 3 is 2.77 bits per heavy atom. The zero-order valence-corrected chi connectivity index (χ0v) is 27.3. The number of hydrogen-bond donors (Lipinski definition) is 0. The maximum atomic E-state index is 12.8. The first-order valence-electron chi connectivity index (χ1n) is 17.2. The number of carbonyl (C=O) groups is 1. The van der Waals surface area contributed by atoms with Crippen LogP contribution >= 0.6 is 0 Å². The fraction of sp³-hybridized carbons (Fsp3) is 0.514. The van der Waals surface area contributed by atoms with E-state index in [1.807, 2.05) is 0 Å². The van der Waals surface area contributed by atoms with Gasteiger partial charge in [-0.1, -0.05) is 30.3 Å². The van der Waals surface area contributed by atoms with E-state index < -0.39 is 6.67 Å². The maximum Gasteiger partial charge on any atom is 0.318 e. The number of alkyl halides is 1. The number of piperidine rings is 1. The highest BCUT2D eigenvalue weighted by atomic mass is 19.1. The highest BCUT2D eigenvalue weighted by Gasteiger charge is 2.37. The van der Waals surface area contributed by atoms with Gasteiger partial charge in [-0.25, -0.2) is 4.39 Å². The van der Waals surface area contributed by atoms with E-state index in [0.717, 1.165) is 55.0 Å². The first kappa shape index (κ1) is 31.4. The zero-order chi connectivity index (χ0) is 32.3. The standard InChI is InChI=1S/C37H44FN7O2/c1-26-6-2-7-28-8-3-9-33(35(26)28)43-18-14-31-32(25-43)40-37(47-21-5-17-42-23-27-11-12-29(42)22-27)41-36(31)44-19-20-45(30(24-44)13-16-39)34(46)10-4-15-38/h2-4,6-10,27,29-30H,5,11-15,17-25H2,1H3/b10-4+/t27-,29+,30-/m0/s1. The lowest BCUT2D eigenvalue weighted by atomic mass is 9.99. The second kappa shape index (κ2) is 13.9. The molecule has 10 heteroatoms. The van der Waals surface area contributed by atoms with Crippen molar-refractivity contribution in [3.8, 4) is 12.1 Å². The number of halogens is 1. The number of allylic oxidation sites excluding steroid dienone is 1. The lowest BCUT2D eigenvalue weighted by molar-refractivity contribution is -0.128. The number of carbonyl (C=O) groups excluding carboxylic acids is 1. The number of nitrogens with zero attached hydrogens (tertiary/aromatic N) is 7. The van der Waals surface area contributed by atoms with Gasteiger partial charge in [-0.2, -0.15) is 15.2 Å². The number of anilines is 2. The van der Waals surface area contributed by atoms with Crippen molar-refractivity contribution in [3.05, 3.63) is 65.4 Å². The van der Waals surface area contributed by atoms with Gasteiger partial charge in [0.1, 0.15) is 12.5 Å². The number of nitriles is 1. The Kier molecular flexibility index (Phi) is 9.25. The van der Waals surface area contributed by atoms with E-state index in [0.29, 0.717) is 38.8 Å². The van der Waals surface area contributed by atoms with E-state index in [1.54, 1.807) is 4.90 Å². The van der Waals surface area contributed by atoms with E-state index in [4.69, 9.17) is 14.7 Å². The third-order valence-corrected chi connectivity index (χ3v) is 10.5. The Morgan fingerprint density at radius 1 is 1.11 bits per heavy atom. The van der Waals surface area contributed by atoms with Gasteiger partial charge in [-0.3, -0.25) is 9.69 Å². The molecule has 1 amide bonds. The quantitative estimate of drug-likeness (QED) is 0.221. The number of benzene rings is 2. The smallest absolute Gasteiger partial charge is 0.318 e. The lowest BCUT2D eigenvalue weighted by Crippen LogP contribution is -2.55. The molecule has 2 bridgehead atoms. The normalized spacial score (nSPS) is 22.7. The second-order valence-corrected chi connectivity index (χ2v) is 13.5. The molecular weight excluding hydrogens is 593 g/mol. The van der Waals surface area contributed by atoms with Gasteiger partial charge < -0.3 is 19.4 Å². The molecule has 0 radical (unpaired) electrons. The molecule has 3 aromatic rings. The van der Waals surface area contributed by atoms with Crippen LogP contribution in [-0.4, -0.2) is 90.3 Å². The summed E-state index contributed by atoms with van der Waals surface area (Å²) in [6.07, 6.45) is 8.44. The summed E-state index contributed by atoms with van der Waals surface area (Å²) >= 11 is 0. The largest absolute Gasteiger partial charge is 0.463 e. The van der Waals surface area contributed by atoms with E-state index in [2.05, 4.69) is 64.1 Å². The predicted molar refractivity (Wildman–Crippen MR) is 181 cm³/mol. The molecule has 2 saturated heterocycles. The minimum atomic E-state index is -0.695. The van der Waals surface area contributed by atoms with Crippen LogP contribution in [0.2, 0.25) is 0 Å². The van der Waals surface area contributed by atoms with E-state index in [9.17, 15) is 14.4 Å². The summed E-state index contributed by atoms with van der Waals surface area (Å²) < 4.78 is 19.1. The fourth-order valence-corrected chi connectivity index (χ4v) is 8.28. The molecule has 4 heterocycles. The molecule has 3 atom stereocenters. The molecule has 1 aromatic heterocycles. The highest BCUT2D eigenvalue weighted by molar-refractivity contribution is 5.97. The molecule has 3 aliphatic heterocycles. The second-order valence-electron chi connectivity index (χ2n) is 13.5. The Morgan fingerprint density at radius 2 is 1.98 bits per heavy atom. The number of fused-ring (bicyclic) bond motifs is 4. The summed E-state index contributed by atoms with van der Waals surface area (Å²) in [6, 6.07) is 16.0. The van der Waals surface area contributed by atoms with Crippen LogP contribution < -0.4 is 14.5 Å². The molecule has 7 rings (SSSR count). The number of hydrogen-bond acceptors (Lipinski definition) is 8. The number of aryl methyl sites for hydroxylation is 1. The number of piperazine rings is 1. The van der Waals surface area contributed by atoms with Crippen molar-refractivity contribution in [2.45, 2.75) is 64.1 Å². The van der Waals surface area contributed by atoms with Crippen LogP contribution in [0.4, 0.5) is 15.9 Å². The number of likely N-dealkylation sites (tertiary alicyclic amines) is 1. The molecule has 9 nitrogen and oxygen atoms in total. The predicted octanol–water partition coefficient (Wildman–Crippen LogP) is 5.21. The van der Waals surface area contributed by atoms with Crippen LogP contribution in [0.3, 0.4) is 0 Å². The van der Waals surface area contributed by atoms with E-state index in [-0.39, 0.29) is 18.4 Å². The van der Waals surface area contributed by atoms with Crippen LogP contribution in [-0.2, 0) is 17.8 Å². The zero-order valence-electron chi connectivity index (χ0n) is 27.3. The molecule has 2 aromatic carbocycles. The third-order valence-electron chi connectivity index (χ3n) is 10.5. The average Bonchev–Trinajstić information content (AvgIpc) is 3.72. The molecule has 1 aliphatic carbocycles. The van der Waals surface area contributed by atoms with Crippen LogP contribution in [0.15, 0.2) is 48.6 Å². The van der Waals surface area contributed by atoms with Crippen molar-refractivity contribution >= 4 is 28.2 Å². The fourth-order valence-electron chi connectivity index (χ4n) is 8.28. The minimum absolute atomic E-state index is 0.189. The molecule has 4 aliphatic rings. The summed E-state index contributed by atoms with van der Waals surface area (Å²) in [7, 11) is 0. The molecule has 3 fully saturated rings. The SMILES string of the molecule is Cc1cccc2cccc(N3CCc4c(nc(OCCCN5C[C@H]6CC[C@@H]5C6)nc4N4CCN(C(=O)/C=C/CF)[C@@H](CC#N)C4)C3)c12. The van der Waals surface area contributed by atoms with Gasteiger partial charge in [0.05, 0.1) is 37.4 Å². The first-order valence-corrected chi connectivity index (χ1v) is 17.2. The van der Waals surface area contributed by atoms with Gasteiger partial charge >= 0.3 is 6.01 Å². The van der Waals surface area contributed by atoms with Gasteiger partial charge in [-0.15, -0.1) is 0 Å². The summed E-state index contributed by atoms with van der Waals surface area (Å²) in [5, 5.41) is 12.1. The van der Waals surface area contributed by atoms with Gasteiger partial charge in [-0.05, 0) is 68.0 Å². The highest BCUT2D eigenvalue weighted by Crippen LogP contribution is 2.38. The van der Waals surface area contributed by atoms with Gasteiger partial charge in [0.25, 0.3) is 0 Å². The van der Waals surface area contributed by atoms with Crippen LogP contribution in [0.25, 0.3) is 10.8 Å². The summed E-state index contributed by atoms with van der Waals surface area (Å²) in [4.78, 5) is 31.8. The Hall–Kier alpha value is -4.23. The van der Waals surface area contributed by atoms with Crippen LogP contribution in [0, 0.1) is 24.2 Å². The van der Waals surface area contributed by atoms with E-state index in [1.165, 1.54) is 60.0 Å². The molecule has 246 valence electrons. The van der Waals surface area contributed by atoms with E-state index >= 15 is 0 Å². The number of amides is 1. The van der Waals surface area contributed by atoms with Crippen molar-refractivity contribution in [2.75, 3.05) is 62.3 Å². The number of aromatic nitrogens is 2. The molecule has 0 spiro atoms. The molecule has 47 heavy (non-hydrogen) atoms. The Balaban J connectivity index is 1.15. The van der Waals surface area contributed by atoms with Crippen LogP contribution in [0.1, 0.15) is 48.9 Å². The molecular formula is C37H44FN7O2. The van der Waals surface area contributed by atoms with Gasteiger partial charge in [0.15, 0.2) is 0 Å². The first-order chi connectivity index (χ1) is 23.0. The molecule has 0 N–H and O–H groups in total. The van der Waals surface area contributed by atoms with Gasteiger partial charge in [0.2, 0.25) is 5.91 Å². The molecule has 1 saturated carbocycles. The Labute approximate surface area is 276 Å². The monoisotopic (exact) mass is 637 g/mol. The van der Waals surface area contributed by atoms with Crippen molar-refractivity contribution in [1.29, 1.82) is 5.26 Å². The van der Waals surface area contributed by atoms with Crippen molar-refractivity contribution in [3.63, 3.8) is 0 Å². The topological polar surface area (TPSA) is 88.8 Å². The van der Waals surface area contributed by atoms with Crippen molar-refractivity contribution < 1.29 is 13.9 Å². The molecule has 0 unspecified atom stereocenters. The lowest BCUT2D eigenvalue weighted by Gasteiger charge is -2.42. The summed E-state index contributed by atoms with van der Waals surface area (Å²) in [6.45, 7) is 7.19. The van der Waals surface area contributed by atoms with Crippen LogP contribution in [0.5, 0.6) is 6.01 Å². The maximum absolute atomic E-state index is 12.8. The van der Waals surface area contributed by atoms with Crippen molar-refractivity contribution in [1.82, 2.24) is 19.8 Å². The Bertz CT molecular complexity index is 1680.